The highest BCUT2D eigenvalue weighted by Gasteiger charge is 2.15. The van der Waals surface area contributed by atoms with E-state index >= 15 is 0 Å². The molecule has 1 atom stereocenters. The Hall–Kier alpha value is -2.57. The van der Waals surface area contributed by atoms with Crippen LogP contribution in [0.2, 0.25) is 0 Å². The predicted octanol–water partition coefficient (Wildman–Crippen LogP) is 0.927. The summed E-state index contributed by atoms with van der Waals surface area (Å²) in [6.07, 6.45) is 3.67. The Morgan fingerprint density at radius 1 is 1.43 bits per heavy atom. The molecule has 1 aliphatic heterocycles. The van der Waals surface area contributed by atoms with Crippen LogP contribution < -0.4 is 14.8 Å². The third-order valence-corrected chi connectivity index (χ3v) is 3.36. The van der Waals surface area contributed by atoms with Crippen molar-refractivity contribution in [3.63, 3.8) is 0 Å². The lowest BCUT2D eigenvalue weighted by atomic mass is 10.1. The van der Waals surface area contributed by atoms with Crippen molar-refractivity contribution in [2.75, 3.05) is 13.3 Å². The van der Waals surface area contributed by atoms with Crippen molar-refractivity contribution in [2.45, 2.75) is 19.4 Å². The Bertz CT molecular complexity index is 627. The van der Waals surface area contributed by atoms with Gasteiger partial charge in [-0.3, -0.25) is 4.79 Å². The summed E-state index contributed by atoms with van der Waals surface area (Å²) in [5.74, 6) is 1.44. The van der Waals surface area contributed by atoms with Crippen LogP contribution in [0, 0.1) is 0 Å². The van der Waals surface area contributed by atoms with Gasteiger partial charge in [0.05, 0.1) is 0 Å². The first-order valence-corrected chi connectivity index (χ1v) is 6.74. The first kappa shape index (κ1) is 13.4. The molecule has 1 aromatic carbocycles. The number of carbonyl (C=O) groups excluding carboxylic acids is 1. The standard InChI is InChI=1S/C14H16N4O3/c1-10(18-8-15-7-17-18)14(19)16-5-4-11-2-3-12-13(6-11)21-9-20-12/h2-3,6-8,10H,4-5,9H2,1H3,(H,16,19)/t10-/m0/s1. The fraction of sp³-hybridized carbons (Fsp3) is 0.357. The van der Waals surface area contributed by atoms with Crippen LogP contribution >= 0.6 is 0 Å². The lowest BCUT2D eigenvalue weighted by Gasteiger charge is -2.12. The van der Waals surface area contributed by atoms with Crippen molar-refractivity contribution in [1.82, 2.24) is 20.1 Å². The number of rotatable bonds is 5. The highest BCUT2D eigenvalue weighted by atomic mass is 16.7. The molecule has 0 saturated carbocycles. The largest absolute Gasteiger partial charge is 0.454 e. The molecule has 0 radical (unpaired) electrons. The van der Waals surface area contributed by atoms with E-state index in [4.69, 9.17) is 9.47 Å². The Morgan fingerprint density at radius 2 is 2.29 bits per heavy atom. The molecule has 1 N–H and O–H groups in total. The minimum Gasteiger partial charge on any atom is -0.454 e. The van der Waals surface area contributed by atoms with Crippen molar-refractivity contribution in [1.29, 1.82) is 0 Å². The average molecular weight is 288 g/mol. The van der Waals surface area contributed by atoms with Crippen molar-refractivity contribution < 1.29 is 14.3 Å². The number of ether oxygens (including phenoxy) is 2. The van der Waals surface area contributed by atoms with E-state index in [1.807, 2.05) is 18.2 Å². The minimum absolute atomic E-state index is 0.0822. The fourth-order valence-corrected chi connectivity index (χ4v) is 2.11. The molecule has 0 saturated heterocycles. The van der Waals surface area contributed by atoms with Crippen LogP contribution in [0.4, 0.5) is 0 Å². The van der Waals surface area contributed by atoms with Gasteiger partial charge in [0.1, 0.15) is 18.7 Å². The molecule has 1 aliphatic rings. The van der Waals surface area contributed by atoms with E-state index in [-0.39, 0.29) is 18.7 Å². The second kappa shape index (κ2) is 5.82. The van der Waals surface area contributed by atoms with Crippen molar-refractivity contribution in [3.05, 3.63) is 36.4 Å². The summed E-state index contributed by atoms with van der Waals surface area (Å²) in [5, 5.41) is 6.84. The predicted molar refractivity (Wildman–Crippen MR) is 74.0 cm³/mol. The average Bonchev–Trinajstić information content (AvgIpc) is 3.17. The molecule has 0 bridgehead atoms. The summed E-state index contributed by atoms with van der Waals surface area (Å²) in [6, 6.07) is 5.43. The number of nitrogens with one attached hydrogen (secondary N) is 1. The SMILES string of the molecule is C[C@@H](C(=O)NCCc1ccc2c(c1)OCO2)n1cncn1. The van der Waals surface area contributed by atoms with Gasteiger partial charge in [0.25, 0.3) is 0 Å². The quantitative estimate of drug-likeness (QED) is 0.885. The molecule has 0 fully saturated rings. The molecule has 0 spiro atoms. The summed E-state index contributed by atoms with van der Waals surface area (Å²) in [6.45, 7) is 2.60. The number of fused-ring (bicyclic) bond motifs is 1. The number of nitrogens with zero attached hydrogens (tertiary/aromatic N) is 3. The number of carbonyl (C=O) groups is 1. The molecular weight excluding hydrogens is 272 g/mol. The maximum absolute atomic E-state index is 12.0. The number of amides is 1. The van der Waals surface area contributed by atoms with Crippen LogP contribution in [0.3, 0.4) is 0 Å². The number of aromatic nitrogens is 3. The summed E-state index contributed by atoms with van der Waals surface area (Å²) in [7, 11) is 0. The summed E-state index contributed by atoms with van der Waals surface area (Å²) < 4.78 is 12.1. The smallest absolute Gasteiger partial charge is 0.244 e. The van der Waals surface area contributed by atoms with Crippen LogP contribution in [0.15, 0.2) is 30.9 Å². The molecule has 0 unspecified atom stereocenters. The summed E-state index contributed by atoms with van der Waals surface area (Å²) in [5.41, 5.74) is 1.09. The van der Waals surface area contributed by atoms with E-state index in [0.29, 0.717) is 6.54 Å². The third-order valence-electron chi connectivity index (χ3n) is 3.36. The molecule has 1 amide bonds. The van der Waals surface area contributed by atoms with E-state index in [9.17, 15) is 4.79 Å². The van der Waals surface area contributed by atoms with Gasteiger partial charge in [-0.05, 0) is 31.0 Å². The van der Waals surface area contributed by atoms with Gasteiger partial charge in [0.15, 0.2) is 11.5 Å². The van der Waals surface area contributed by atoms with Crippen LogP contribution in [-0.2, 0) is 11.2 Å². The zero-order chi connectivity index (χ0) is 14.7. The highest BCUT2D eigenvalue weighted by molar-refractivity contribution is 5.79. The molecule has 2 heterocycles. The molecule has 3 rings (SSSR count). The first-order chi connectivity index (χ1) is 10.2. The van der Waals surface area contributed by atoms with E-state index in [0.717, 1.165) is 23.5 Å². The molecule has 21 heavy (non-hydrogen) atoms. The zero-order valence-corrected chi connectivity index (χ0v) is 11.7. The normalized spacial score (nSPS) is 14.0. The van der Waals surface area contributed by atoms with Crippen LogP contribution in [0.5, 0.6) is 11.5 Å². The van der Waals surface area contributed by atoms with E-state index < -0.39 is 0 Å². The lowest BCUT2D eigenvalue weighted by molar-refractivity contribution is -0.124. The third kappa shape index (κ3) is 2.96. The molecular formula is C14H16N4O3. The maximum atomic E-state index is 12.0. The van der Waals surface area contributed by atoms with Crippen LogP contribution in [0.1, 0.15) is 18.5 Å². The topological polar surface area (TPSA) is 78.3 Å². The maximum Gasteiger partial charge on any atom is 0.244 e. The fourth-order valence-electron chi connectivity index (χ4n) is 2.11. The van der Waals surface area contributed by atoms with Crippen molar-refractivity contribution in [3.8, 4) is 11.5 Å². The summed E-state index contributed by atoms with van der Waals surface area (Å²) >= 11 is 0. The van der Waals surface area contributed by atoms with E-state index in [1.165, 1.54) is 17.3 Å². The number of hydrogen-bond acceptors (Lipinski definition) is 5. The van der Waals surface area contributed by atoms with Gasteiger partial charge in [-0.1, -0.05) is 6.07 Å². The Kier molecular flexibility index (Phi) is 3.72. The number of benzene rings is 1. The van der Waals surface area contributed by atoms with Gasteiger partial charge >= 0.3 is 0 Å². The number of hydrogen-bond donors (Lipinski definition) is 1. The molecule has 7 nitrogen and oxygen atoms in total. The first-order valence-electron chi connectivity index (χ1n) is 6.74. The molecule has 0 aliphatic carbocycles. The Balaban J connectivity index is 1.51. The minimum atomic E-state index is -0.371. The van der Waals surface area contributed by atoms with Crippen LogP contribution in [0.25, 0.3) is 0 Å². The van der Waals surface area contributed by atoms with Gasteiger partial charge in [-0.15, -0.1) is 0 Å². The molecule has 7 heteroatoms. The van der Waals surface area contributed by atoms with Gasteiger partial charge in [0.2, 0.25) is 12.7 Å². The Labute approximate surface area is 121 Å². The van der Waals surface area contributed by atoms with Crippen LogP contribution in [-0.4, -0.2) is 34.0 Å². The second-order valence-electron chi connectivity index (χ2n) is 4.78. The summed E-state index contributed by atoms with van der Waals surface area (Å²) in [4.78, 5) is 15.8. The highest BCUT2D eigenvalue weighted by Crippen LogP contribution is 2.32. The van der Waals surface area contributed by atoms with Crippen molar-refractivity contribution in [2.24, 2.45) is 0 Å². The van der Waals surface area contributed by atoms with E-state index in [1.54, 1.807) is 6.92 Å². The van der Waals surface area contributed by atoms with Crippen molar-refractivity contribution >= 4 is 5.91 Å². The monoisotopic (exact) mass is 288 g/mol. The van der Waals surface area contributed by atoms with E-state index in [2.05, 4.69) is 15.4 Å². The van der Waals surface area contributed by atoms with Gasteiger partial charge < -0.3 is 14.8 Å². The Morgan fingerprint density at radius 3 is 3.10 bits per heavy atom. The molecule has 110 valence electrons. The lowest BCUT2D eigenvalue weighted by Crippen LogP contribution is -2.32. The van der Waals surface area contributed by atoms with Gasteiger partial charge in [-0.2, -0.15) is 5.10 Å². The second-order valence-corrected chi connectivity index (χ2v) is 4.78. The molecule has 1 aromatic heterocycles. The molecule has 2 aromatic rings. The van der Waals surface area contributed by atoms with Gasteiger partial charge in [-0.25, -0.2) is 9.67 Å². The van der Waals surface area contributed by atoms with Gasteiger partial charge in [0, 0.05) is 6.54 Å². The zero-order valence-electron chi connectivity index (χ0n) is 11.7.